The average molecular weight is 324 g/mol. The zero-order valence-corrected chi connectivity index (χ0v) is 15.4. The van der Waals surface area contributed by atoms with E-state index in [9.17, 15) is 4.79 Å². The fraction of sp³-hybridized carbons (Fsp3) is 0.579. The molecule has 132 valence electrons. The zero-order chi connectivity index (χ0) is 18.3. The highest BCUT2D eigenvalue weighted by Gasteiger charge is 1.93. The predicted octanol–water partition coefficient (Wildman–Crippen LogP) is 5.06. The van der Waals surface area contributed by atoms with Crippen LogP contribution < -0.4 is 0 Å². The van der Waals surface area contributed by atoms with Crippen LogP contribution in [0.3, 0.4) is 0 Å². The first-order chi connectivity index (χ1) is 10.6. The number of carbonyl (C=O) groups is 2. The molecule has 0 amide bonds. The van der Waals surface area contributed by atoms with E-state index in [1.807, 2.05) is 6.08 Å². The number of aliphatic carboxylic acids is 1. The quantitative estimate of drug-likeness (QED) is 0.500. The van der Waals surface area contributed by atoms with Gasteiger partial charge in [-0.3, -0.25) is 9.59 Å². The highest BCUT2D eigenvalue weighted by molar-refractivity contribution is 5.66. The van der Waals surface area contributed by atoms with Gasteiger partial charge in [0.15, 0.2) is 0 Å². The van der Waals surface area contributed by atoms with Gasteiger partial charge in [0.1, 0.15) is 6.61 Å². The molecule has 0 aliphatic heterocycles. The van der Waals surface area contributed by atoms with Gasteiger partial charge in [-0.1, -0.05) is 28.9 Å². The number of hydrogen-bond acceptors (Lipinski definition) is 3. The zero-order valence-electron chi connectivity index (χ0n) is 15.4. The van der Waals surface area contributed by atoms with Crippen LogP contribution in [0.25, 0.3) is 0 Å². The molecule has 23 heavy (non-hydrogen) atoms. The van der Waals surface area contributed by atoms with Crippen molar-refractivity contribution in [3.63, 3.8) is 0 Å². The number of esters is 1. The third-order valence-electron chi connectivity index (χ3n) is 2.84. The second-order valence-corrected chi connectivity index (χ2v) is 5.78. The summed E-state index contributed by atoms with van der Waals surface area (Å²) in [6.07, 6.45) is 10.9. The van der Waals surface area contributed by atoms with E-state index < -0.39 is 5.97 Å². The van der Waals surface area contributed by atoms with Crippen LogP contribution in [-0.2, 0) is 14.3 Å². The van der Waals surface area contributed by atoms with E-state index in [4.69, 9.17) is 14.6 Å². The Hall–Kier alpha value is -1.84. The minimum atomic E-state index is -0.833. The van der Waals surface area contributed by atoms with E-state index in [-0.39, 0.29) is 5.97 Å². The molecular formula is C19H32O4. The monoisotopic (exact) mass is 324 g/mol. The van der Waals surface area contributed by atoms with Crippen molar-refractivity contribution in [2.75, 3.05) is 6.61 Å². The van der Waals surface area contributed by atoms with Gasteiger partial charge in [-0.15, -0.1) is 0 Å². The summed E-state index contributed by atoms with van der Waals surface area (Å²) < 4.78 is 4.88. The molecule has 0 aromatic carbocycles. The molecule has 0 radical (unpaired) electrons. The van der Waals surface area contributed by atoms with Gasteiger partial charge in [-0.25, -0.2) is 0 Å². The number of carboxylic acid groups (broad SMARTS) is 1. The fourth-order valence-electron chi connectivity index (χ4n) is 1.64. The van der Waals surface area contributed by atoms with Crippen LogP contribution in [0.15, 0.2) is 34.9 Å². The van der Waals surface area contributed by atoms with Crippen molar-refractivity contribution in [2.24, 2.45) is 0 Å². The van der Waals surface area contributed by atoms with Gasteiger partial charge in [-0.2, -0.15) is 0 Å². The van der Waals surface area contributed by atoms with Crippen molar-refractivity contribution >= 4 is 11.9 Å². The molecule has 0 aromatic rings. The maximum atomic E-state index is 10.6. The van der Waals surface area contributed by atoms with Gasteiger partial charge < -0.3 is 9.84 Å². The number of allylic oxidation sites excluding steroid dienone is 5. The van der Waals surface area contributed by atoms with Gasteiger partial charge in [0, 0.05) is 13.8 Å². The van der Waals surface area contributed by atoms with Crippen molar-refractivity contribution in [2.45, 2.75) is 67.2 Å². The molecule has 0 fully saturated rings. The Labute approximate surface area is 140 Å². The lowest BCUT2D eigenvalue weighted by Gasteiger charge is -2.02. The summed E-state index contributed by atoms with van der Waals surface area (Å²) in [5.41, 5.74) is 4.11. The molecule has 4 nitrogen and oxygen atoms in total. The number of rotatable bonds is 8. The Bertz CT molecular complexity index is 434. The maximum absolute atomic E-state index is 10.6. The van der Waals surface area contributed by atoms with Crippen LogP contribution in [0.4, 0.5) is 0 Å². The average Bonchev–Trinajstić information content (AvgIpc) is 2.37. The predicted molar refractivity (Wildman–Crippen MR) is 95.4 cm³/mol. The van der Waals surface area contributed by atoms with Crippen LogP contribution in [0, 0.1) is 0 Å². The number of ether oxygens (including phenoxy) is 1. The molecule has 0 spiro atoms. The fourth-order valence-corrected chi connectivity index (χ4v) is 1.64. The highest BCUT2D eigenvalue weighted by Crippen LogP contribution is 2.11. The van der Waals surface area contributed by atoms with Gasteiger partial charge >= 0.3 is 5.97 Å². The molecule has 4 heteroatoms. The normalized spacial score (nSPS) is 11.2. The van der Waals surface area contributed by atoms with E-state index in [0.717, 1.165) is 32.6 Å². The number of hydrogen-bond donors (Lipinski definition) is 1. The molecule has 0 unspecified atom stereocenters. The molecule has 0 saturated carbocycles. The SMILES string of the molecule is CC(=O)O.CC(=O)OCC=C(C)CCC=C(C)CCC=C(C)C. The smallest absolute Gasteiger partial charge is 0.302 e. The van der Waals surface area contributed by atoms with Crippen molar-refractivity contribution in [3.05, 3.63) is 34.9 Å². The highest BCUT2D eigenvalue weighted by atomic mass is 16.5. The van der Waals surface area contributed by atoms with E-state index >= 15 is 0 Å². The minimum Gasteiger partial charge on any atom is -0.481 e. The Balaban J connectivity index is 0. The summed E-state index contributed by atoms with van der Waals surface area (Å²) in [7, 11) is 0. The summed E-state index contributed by atoms with van der Waals surface area (Å²) in [5, 5.41) is 7.42. The second-order valence-electron chi connectivity index (χ2n) is 5.78. The molecule has 1 N–H and O–H groups in total. The topological polar surface area (TPSA) is 63.6 Å². The van der Waals surface area contributed by atoms with Crippen molar-refractivity contribution in [1.82, 2.24) is 0 Å². The lowest BCUT2D eigenvalue weighted by atomic mass is 10.1. The Morgan fingerprint density at radius 2 is 1.26 bits per heavy atom. The van der Waals surface area contributed by atoms with E-state index in [1.54, 1.807) is 0 Å². The molecule has 0 heterocycles. The Kier molecular flexibility index (Phi) is 15.4. The van der Waals surface area contributed by atoms with Gasteiger partial charge in [0.25, 0.3) is 5.97 Å². The minimum absolute atomic E-state index is 0.223. The lowest BCUT2D eigenvalue weighted by Crippen LogP contribution is -1.98. The largest absolute Gasteiger partial charge is 0.481 e. The molecular weight excluding hydrogens is 292 g/mol. The maximum Gasteiger partial charge on any atom is 0.302 e. The van der Waals surface area contributed by atoms with Crippen LogP contribution in [0.2, 0.25) is 0 Å². The van der Waals surface area contributed by atoms with E-state index in [2.05, 4.69) is 39.8 Å². The summed E-state index contributed by atoms with van der Waals surface area (Å²) in [5.74, 6) is -1.06. The molecule has 0 aliphatic carbocycles. The first-order valence-corrected chi connectivity index (χ1v) is 7.92. The summed E-state index contributed by atoms with van der Waals surface area (Å²) in [6.45, 7) is 11.4. The summed E-state index contributed by atoms with van der Waals surface area (Å²) in [4.78, 5) is 19.6. The summed E-state index contributed by atoms with van der Waals surface area (Å²) in [6, 6.07) is 0. The first-order valence-electron chi connectivity index (χ1n) is 7.92. The van der Waals surface area contributed by atoms with Crippen LogP contribution in [-0.4, -0.2) is 23.7 Å². The first kappa shape index (κ1) is 23.4. The van der Waals surface area contributed by atoms with Crippen molar-refractivity contribution < 1.29 is 19.4 Å². The van der Waals surface area contributed by atoms with Gasteiger partial charge in [-0.05, 0) is 59.5 Å². The summed E-state index contributed by atoms with van der Waals surface area (Å²) >= 11 is 0. The number of carboxylic acids is 1. The Morgan fingerprint density at radius 3 is 1.70 bits per heavy atom. The van der Waals surface area contributed by atoms with Crippen LogP contribution in [0.1, 0.15) is 67.2 Å². The third-order valence-corrected chi connectivity index (χ3v) is 2.84. The lowest BCUT2D eigenvalue weighted by molar-refractivity contribution is -0.139. The third kappa shape index (κ3) is 25.5. The van der Waals surface area contributed by atoms with Crippen LogP contribution >= 0.6 is 0 Å². The molecule has 0 aliphatic rings. The van der Waals surface area contributed by atoms with E-state index in [0.29, 0.717) is 6.61 Å². The molecule has 0 rings (SSSR count). The molecule has 0 aromatic heterocycles. The number of carbonyl (C=O) groups excluding carboxylic acids is 1. The molecule has 0 atom stereocenters. The standard InChI is InChI=1S/C17H28O2.C2H4O2/c1-14(2)8-6-9-15(3)10-7-11-16(4)12-13-19-17(5)18;1-2(3)4/h8,10,12H,6-7,9,11,13H2,1-5H3;1H3,(H,3,4). The van der Waals surface area contributed by atoms with Gasteiger partial charge in [0.2, 0.25) is 0 Å². The van der Waals surface area contributed by atoms with Gasteiger partial charge in [0.05, 0.1) is 0 Å². The second kappa shape index (κ2) is 15.1. The molecule has 0 saturated heterocycles. The van der Waals surface area contributed by atoms with Crippen LogP contribution in [0.5, 0.6) is 0 Å². The van der Waals surface area contributed by atoms with Crippen molar-refractivity contribution in [3.8, 4) is 0 Å². The van der Waals surface area contributed by atoms with E-state index in [1.165, 1.54) is 23.6 Å². The molecule has 0 bridgehead atoms. The van der Waals surface area contributed by atoms with Crippen molar-refractivity contribution in [1.29, 1.82) is 0 Å². The Morgan fingerprint density at radius 1 is 0.826 bits per heavy atom.